The van der Waals surface area contributed by atoms with Crippen molar-refractivity contribution in [1.82, 2.24) is 10.2 Å². The molecule has 0 aromatic heterocycles. The number of sulfonamides is 1. The summed E-state index contributed by atoms with van der Waals surface area (Å²) in [5, 5.41) is 2.50. The molecule has 10 heteroatoms. The normalized spacial score (nSPS) is 21.5. The Morgan fingerprint density at radius 1 is 1.24 bits per heavy atom. The van der Waals surface area contributed by atoms with E-state index in [-0.39, 0.29) is 30.9 Å². The van der Waals surface area contributed by atoms with E-state index in [1.165, 1.54) is 16.4 Å². The van der Waals surface area contributed by atoms with Crippen LogP contribution in [0.3, 0.4) is 0 Å². The summed E-state index contributed by atoms with van der Waals surface area (Å²) in [6.45, 7) is -3.82. The first-order valence-corrected chi connectivity index (χ1v) is 14.1. The van der Waals surface area contributed by atoms with Crippen LogP contribution in [0, 0.1) is 0 Å². The average molecular weight is 546 g/mol. The van der Waals surface area contributed by atoms with E-state index in [1.54, 1.807) is 35.2 Å². The van der Waals surface area contributed by atoms with Gasteiger partial charge in [0.1, 0.15) is 17.7 Å². The van der Waals surface area contributed by atoms with Crippen molar-refractivity contribution in [3.8, 4) is 0 Å². The van der Waals surface area contributed by atoms with Crippen LogP contribution in [0.2, 0.25) is 0 Å². The van der Waals surface area contributed by atoms with Crippen molar-refractivity contribution >= 4 is 27.6 Å². The second-order valence-electron chi connectivity index (χ2n) is 10.0. The molecule has 4 rings (SSSR count). The van der Waals surface area contributed by atoms with Crippen LogP contribution in [-0.2, 0) is 36.3 Å². The smallest absolute Gasteiger partial charge is 0.240 e. The molecule has 0 bridgehead atoms. The van der Waals surface area contributed by atoms with Crippen molar-refractivity contribution in [2.24, 2.45) is 5.73 Å². The van der Waals surface area contributed by atoms with E-state index < -0.39 is 52.9 Å². The Kier molecular flexibility index (Phi) is 6.23. The molecule has 2 aromatic rings. The van der Waals surface area contributed by atoms with Crippen LogP contribution in [0.25, 0.3) is 0 Å². The van der Waals surface area contributed by atoms with Crippen LogP contribution in [0.4, 0.5) is 5.69 Å². The summed E-state index contributed by atoms with van der Waals surface area (Å²) < 4.78 is 72.0. The largest absolute Gasteiger partial charge is 0.374 e. The fraction of sp³-hybridized carbons (Fsp3) is 0.464. The molecule has 38 heavy (non-hydrogen) atoms. The number of carbonyl (C=O) groups is 1. The number of ether oxygens (including phenoxy) is 1. The number of amides is 1. The van der Waals surface area contributed by atoms with Crippen LogP contribution < -0.4 is 15.4 Å². The third-order valence-corrected chi connectivity index (χ3v) is 8.20. The lowest BCUT2D eigenvalue weighted by Gasteiger charge is -2.42. The molecule has 1 saturated heterocycles. The summed E-state index contributed by atoms with van der Waals surface area (Å²) >= 11 is 0. The predicted octanol–water partition coefficient (Wildman–Crippen LogP) is 1.95. The third-order valence-electron chi connectivity index (χ3n) is 7.08. The molecule has 1 unspecified atom stereocenters. The van der Waals surface area contributed by atoms with Crippen LogP contribution in [0.5, 0.6) is 0 Å². The van der Waals surface area contributed by atoms with Crippen molar-refractivity contribution in [3.63, 3.8) is 0 Å². The molecule has 9 nitrogen and oxygen atoms in total. The maximum absolute atomic E-state index is 13.1. The van der Waals surface area contributed by atoms with Gasteiger partial charge in [-0.3, -0.25) is 9.10 Å². The van der Waals surface area contributed by atoms with E-state index in [4.69, 9.17) is 17.3 Å². The van der Waals surface area contributed by atoms with Gasteiger partial charge in [-0.25, -0.2) is 13.2 Å². The third kappa shape index (κ3) is 5.94. The van der Waals surface area contributed by atoms with Crippen LogP contribution in [-0.4, -0.2) is 69.2 Å². The molecule has 1 fully saturated rings. The van der Waals surface area contributed by atoms with Gasteiger partial charge < -0.3 is 20.7 Å². The summed E-state index contributed by atoms with van der Waals surface area (Å²) in [4.78, 5) is 27.2. The number of hydrogen-bond acceptors (Lipinski definition) is 7. The Balaban J connectivity index is 1.59. The Morgan fingerprint density at radius 2 is 1.89 bits per heavy atom. The topological polar surface area (TPSA) is 122 Å². The number of carbonyl (C=O) groups excluding carboxylic acids is 2. The molecular formula is C28H36N4O5S. The van der Waals surface area contributed by atoms with Gasteiger partial charge in [0.15, 0.2) is 0 Å². The molecule has 1 spiro atoms. The molecule has 204 valence electrons. The molecule has 0 aliphatic carbocycles. The highest BCUT2D eigenvalue weighted by Gasteiger charge is 2.47. The number of nitrogens with two attached hydrogens (primary N) is 1. The molecular weight excluding hydrogens is 504 g/mol. The minimum atomic E-state index is -3.53. The van der Waals surface area contributed by atoms with Gasteiger partial charge in [0, 0.05) is 29.2 Å². The second kappa shape index (κ2) is 10.9. The zero-order chi connectivity index (χ0) is 31.8. The van der Waals surface area contributed by atoms with E-state index >= 15 is 0 Å². The summed E-state index contributed by atoms with van der Waals surface area (Å²) in [6.07, 6.45) is 2.10. The number of nitrogens with one attached hydrogen (secondary N) is 1. The molecule has 2 heterocycles. The van der Waals surface area contributed by atoms with Gasteiger partial charge in [0.25, 0.3) is 0 Å². The number of nitrogens with zero attached hydrogens (tertiary/aromatic N) is 2. The van der Waals surface area contributed by atoms with Gasteiger partial charge in [-0.15, -0.1) is 0 Å². The Hall–Kier alpha value is -3.17. The average Bonchev–Trinajstić information content (AvgIpc) is 3.27. The molecule has 0 saturated carbocycles. The van der Waals surface area contributed by atoms with Crippen LogP contribution >= 0.6 is 0 Å². The summed E-state index contributed by atoms with van der Waals surface area (Å²) in [7, 11) is -3.53. The Morgan fingerprint density at radius 3 is 2.53 bits per heavy atom. The van der Waals surface area contributed by atoms with Crippen LogP contribution in [0.1, 0.15) is 44.6 Å². The quantitative estimate of drug-likeness (QED) is 0.462. The number of para-hydroxylation sites is 1. The van der Waals surface area contributed by atoms with Gasteiger partial charge in [-0.2, -0.15) is 0 Å². The molecule has 1 amide bonds. The van der Waals surface area contributed by atoms with Crippen molar-refractivity contribution < 1.29 is 29.6 Å². The van der Waals surface area contributed by atoms with Gasteiger partial charge in [0.05, 0.1) is 33.4 Å². The predicted molar refractivity (Wildman–Crippen MR) is 147 cm³/mol. The van der Waals surface area contributed by atoms with Crippen molar-refractivity contribution in [2.75, 3.05) is 36.8 Å². The highest BCUT2D eigenvalue weighted by molar-refractivity contribution is 7.92. The standard InChI is InChI=1S/C28H36N4O5S/c1-27(2,29)26(34)30-23(19-37-18-21-9-5-4-6-10-21)25(17-33)31-15-13-28(14-16-31)20-32(38(3,35)36)24-12-8-7-11-22(24)28/h4-12,23H,13-16,18-20,29H2,1-3H3,(H,30,34)/i1D3,18D2/t23?,27-/m0/s1. The summed E-state index contributed by atoms with van der Waals surface area (Å²) in [5.74, 6) is 0.789. The van der Waals surface area contributed by atoms with E-state index in [1.807, 2.05) is 18.1 Å². The van der Waals surface area contributed by atoms with E-state index in [2.05, 4.69) is 5.32 Å². The number of piperidine rings is 1. The summed E-state index contributed by atoms with van der Waals surface area (Å²) in [6, 6.07) is 14.1. The number of benzene rings is 2. The van der Waals surface area contributed by atoms with E-state index in [0.717, 1.165) is 18.7 Å². The fourth-order valence-corrected chi connectivity index (χ4v) is 6.05. The summed E-state index contributed by atoms with van der Waals surface area (Å²) in [5.41, 5.74) is 4.75. The minimum Gasteiger partial charge on any atom is -0.374 e. The maximum Gasteiger partial charge on any atom is 0.240 e. The number of anilines is 1. The molecule has 2 atom stereocenters. The van der Waals surface area contributed by atoms with Gasteiger partial charge in [-0.1, -0.05) is 48.5 Å². The van der Waals surface area contributed by atoms with Gasteiger partial charge in [-0.05, 0) is 43.8 Å². The Labute approximate surface area is 231 Å². The first-order chi connectivity index (χ1) is 19.9. The first kappa shape index (κ1) is 21.7. The van der Waals surface area contributed by atoms with Crippen molar-refractivity contribution in [1.29, 1.82) is 0 Å². The van der Waals surface area contributed by atoms with Crippen molar-refractivity contribution in [2.45, 2.75) is 50.2 Å². The zero-order valence-corrected chi connectivity index (χ0v) is 22.3. The molecule has 0 radical (unpaired) electrons. The highest BCUT2D eigenvalue weighted by Crippen LogP contribution is 2.48. The first-order valence-electron chi connectivity index (χ1n) is 14.8. The lowest BCUT2D eigenvalue weighted by Crippen LogP contribution is -2.56. The van der Waals surface area contributed by atoms with Crippen molar-refractivity contribution in [3.05, 3.63) is 71.4 Å². The minimum absolute atomic E-state index is 0.0559. The van der Waals surface area contributed by atoms with E-state index in [9.17, 15) is 18.0 Å². The van der Waals surface area contributed by atoms with Gasteiger partial charge >= 0.3 is 0 Å². The maximum atomic E-state index is 13.1. The number of hydrogen-bond donors (Lipinski definition) is 2. The SMILES string of the molecule is [2H]C([2H])(OCC(NC(=O)[C@](C)(N)C([2H])([2H])[2H])C(=C=O)N1CCC2(CC1)CN(S(C)(=O)=O)c1ccccc12)c1ccccc1. The molecule has 2 aliphatic rings. The number of fused-ring (bicyclic) bond motifs is 2. The van der Waals surface area contributed by atoms with Gasteiger partial charge in [0.2, 0.25) is 15.9 Å². The van der Waals surface area contributed by atoms with Crippen LogP contribution in [0.15, 0.2) is 60.3 Å². The lowest BCUT2D eigenvalue weighted by atomic mass is 9.74. The number of rotatable bonds is 9. The highest BCUT2D eigenvalue weighted by atomic mass is 32.2. The monoisotopic (exact) mass is 545 g/mol. The zero-order valence-electron chi connectivity index (χ0n) is 26.4. The number of likely N-dealkylation sites (tertiary alicyclic amines) is 1. The van der Waals surface area contributed by atoms with E-state index in [0.29, 0.717) is 18.5 Å². The molecule has 3 N–H and O–H groups in total. The Bertz CT molecular complexity index is 1500. The second-order valence-corrected chi connectivity index (χ2v) is 12.0. The lowest BCUT2D eigenvalue weighted by molar-refractivity contribution is -0.126. The molecule has 2 aromatic carbocycles. The fourth-order valence-electron chi connectivity index (χ4n) is 5.05. The molecule has 2 aliphatic heterocycles.